The van der Waals surface area contributed by atoms with Crippen LogP contribution in [-0.2, 0) is 0 Å². The molecule has 2 nitrogen and oxygen atoms in total. The standard InChI is InChI=1S/C27H48O2/c1-17(2)7-6-8-18(3)21-11-12-22-20-10-9-19-15-24(28)25(29)16-27(19,5)23(20)13-14-26(21,22)4/h17-25,28-29H,6-16H2,1-5H3. The van der Waals surface area contributed by atoms with Crippen LogP contribution in [0, 0.1) is 52.3 Å². The Kier molecular flexibility index (Phi) is 6.19. The average Bonchev–Trinajstić information content (AvgIpc) is 3.00. The minimum Gasteiger partial charge on any atom is -0.390 e. The zero-order chi connectivity index (χ0) is 21.0. The van der Waals surface area contributed by atoms with Gasteiger partial charge < -0.3 is 10.2 Å². The molecule has 10 atom stereocenters. The molecule has 0 bridgehead atoms. The Morgan fingerprint density at radius 1 is 0.828 bits per heavy atom. The van der Waals surface area contributed by atoms with Crippen LogP contribution in [0.2, 0.25) is 0 Å². The Labute approximate surface area is 180 Å². The molecule has 4 rings (SSSR count). The lowest BCUT2D eigenvalue weighted by atomic mass is 9.44. The first-order valence-electron chi connectivity index (χ1n) is 13.0. The number of hydrogen-bond acceptors (Lipinski definition) is 2. The molecule has 4 aliphatic rings. The van der Waals surface area contributed by atoms with Crippen molar-refractivity contribution in [3.8, 4) is 0 Å². The van der Waals surface area contributed by atoms with E-state index in [1.165, 1.54) is 57.8 Å². The smallest absolute Gasteiger partial charge is 0.0804 e. The van der Waals surface area contributed by atoms with E-state index in [1.54, 1.807) is 0 Å². The van der Waals surface area contributed by atoms with Gasteiger partial charge in [-0.2, -0.15) is 0 Å². The Hall–Kier alpha value is -0.0800. The monoisotopic (exact) mass is 404 g/mol. The molecule has 168 valence electrons. The van der Waals surface area contributed by atoms with E-state index in [0.717, 1.165) is 48.3 Å². The molecule has 4 saturated carbocycles. The predicted molar refractivity (Wildman–Crippen MR) is 120 cm³/mol. The summed E-state index contributed by atoms with van der Waals surface area (Å²) < 4.78 is 0. The van der Waals surface area contributed by atoms with Crippen molar-refractivity contribution in [3.05, 3.63) is 0 Å². The Balaban J connectivity index is 1.47. The molecule has 4 fully saturated rings. The number of aliphatic hydroxyl groups excluding tert-OH is 2. The fourth-order valence-corrected chi connectivity index (χ4v) is 9.30. The van der Waals surface area contributed by atoms with Crippen molar-refractivity contribution in [3.63, 3.8) is 0 Å². The van der Waals surface area contributed by atoms with Crippen molar-refractivity contribution in [2.24, 2.45) is 52.3 Å². The maximum absolute atomic E-state index is 10.5. The summed E-state index contributed by atoms with van der Waals surface area (Å²) in [6.07, 6.45) is 13.2. The molecule has 0 heterocycles. The van der Waals surface area contributed by atoms with Gasteiger partial charge in [-0.1, -0.05) is 53.9 Å². The third-order valence-corrected chi connectivity index (χ3v) is 10.9. The second kappa shape index (κ2) is 8.12. The van der Waals surface area contributed by atoms with E-state index in [4.69, 9.17) is 0 Å². The molecule has 4 aliphatic carbocycles. The van der Waals surface area contributed by atoms with E-state index in [2.05, 4.69) is 34.6 Å². The van der Waals surface area contributed by atoms with Gasteiger partial charge in [0.2, 0.25) is 0 Å². The minimum absolute atomic E-state index is 0.254. The molecule has 0 amide bonds. The SMILES string of the molecule is CC(C)CCCC(C)C1CCC2C3CCC4CC(O)C(O)CC4(C)C3CCC12C. The van der Waals surface area contributed by atoms with Crippen molar-refractivity contribution in [1.82, 2.24) is 0 Å². The Bertz CT molecular complexity index is 573. The lowest BCUT2D eigenvalue weighted by Crippen LogP contribution is -2.56. The van der Waals surface area contributed by atoms with Crippen molar-refractivity contribution >= 4 is 0 Å². The molecule has 0 aromatic heterocycles. The Morgan fingerprint density at radius 3 is 2.28 bits per heavy atom. The molecular formula is C27H48O2. The van der Waals surface area contributed by atoms with Crippen LogP contribution in [0.15, 0.2) is 0 Å². The maximum Gasteiger partial charge on any atom is 0.0804 e. The van der Waals surface area contributed by atoms with Gasteiger partial charge in [-0.3, -0.25) is 0 Å². The molecule has 0 aliphatic heterocycles. The second-order valence-corrected chi connectivity index (χ2v) is 12.8. The van der Waals surface area contributed by atoms with Crippen molar-refractivity contribution in [2.45, 2.75) is 117 Å². The fraction of sp³-hybridized carbons (Fsp3) is 1.00. The molecule has 2 heteroatoms. The van der Waals surface area contributed by atoms with E-state index in [9.17, 15) is 10.2 Å². The maximum atomic E-state index is 10.5. The normalized spacial score (nSPS) is 50.7. The number of fused-ring (bicyclic) bond motifs is 5. The van der Waals surface area contributed by atoms with Crippen molar-refractivity contribution < 1.29 is 10.2 Å². The van der Waals surface area contributed by atoms with Gasteiger partial charge in [0.05, 0.1) is 12.2 Å². The van der Waals surface area contributed by atoms with Gasteiger partial charge in [-0.05, 0) is 104 Å². The third-order valence-electron chi connectivity index (χ3n) is 10.9. The minimum atomic E-state index is -0.499. The van der Waals surface area contributed by atoms with E-state index in [-0.39, 0.29) is 5.41 Å². The first-order chi connectivity index (χ1) is 13.7. The molecule has 29 heavy (non-hydrogen) atoms. The van der Waals surface area contributed by atoms with Gasteiger partial charge in [0, 0.05) is 0 Å². The summed E-state index contributed by atoms with van der Waals surface area (Å²) in [6, 6.07) is 0. The summed E-state index contributed by atoms with van der Waals surface area (Å²) in [6.45, 7) is 12.4. The van der Waals surface area contributed by atoms with Crippen LogP contribution >= 0.6 is 0 Å². The highest BCUT2D eigenvalue weighted by molar-refractivity contribution is 5.10. The van der Waals surface area contributed by atoms with Gasteiger partial charge in [-0.25, -0.2) is 0 Å². The molecule has 0 aromatic rings. The van der Waals surface area contributed by atoms with Gasteiger partial charge in [-0.15, -0.1) is 0 Å². The van der Waals surface area contributed by atoms with Crippen LogP contribution in [-0.4, -0.2) is 22.4 Å². The number of hydrogen-bond donors (Lipinski definition) is 2. The first-order valence-corrected chi connectivity index (χ1v) is 13.0. The third kappa shape index (κ3) is 3.73. The molecule has 2 N–H and O–H groups in total. The van der Waals surface area contributed by atoms with Crippen LogP contribution in [0.5, 0.6) is 0 Å². The first kappa shape index (κ1) is 22.1. The molecule has 10 unspecified atom stereocenters. The quantitative estimate of drug-likeness (QED) is 0.553. The van der Waals surface area contributed by atoms with Gasteiger partial charge in [0.15, 0.2) is 0 Å². The summed E-state index contributed by atoms with van der Waals surface area (Å²) in [5.74, 6) is 5.80. The lowest BCUT2D eigenvalue weighted by Gasteiger charge is -2.61. The van der Waals surface area contributed by atoms with Crippen LogP contribution in [0.3, 0.4) is 0 Å². The zero-order valence-electron chi connectivity index (χ0n) is 19.9. The molecular weight excluding hydrogens is 356 g/mol. The lowest BCUT2D eigenvalue weighted by molar-refractivity contribution is -0.160. The Morgan fingerprint density at radius 2 is 1.55 bits per heavy atom. The van der Waals surface area contributed by atoms with Crippen LogP contribution < -0.4 is 0 Å². The highest BCUT2D eigenvalue weighted by atomic mass is 16.3. The van der Waals surface area contributed by atoms with Crippen molar-refractivity contribution in [1.29, 1.82) is 0 Å². The molecule has 0 aromatic carbocycles. The molecule has 0 saturated heterocycles. The largest absolute Gasteiger partial charge is 0.390 e. The summed E-state index contributed by atoms with van der Waals surface area (Å²) in [7, 11) is 0. The van der Waals surface area contributed by atoms with Crippen molar-refractivity contribution in [2.75, 3.05) is 0 Å². The fourth-order valence-electron chi connectivity index (χ4n) is 9.30. The highest BCUT2D eigenvalue weighted by Crippen LogP contribution is 2.68. The summed E-state index contributed by atoms with van der Waals surface area (Å²) >= 11 is 0. The van der Waals surface area contributed by atoms with Crippen LogP contribution in [0.4, 0.5) is 0 Å². The van der Waals surface area contributed by atoms with Crippen LogP contribution in [0.1, 0.15) is 105 Å². The summed E-state index contributed by atoms with van der Waals surface area (Å²) in [5, 5.41) is 20.8. The second-order valence-electron chi connectivity index (χ2n) is 12.8. The highest BCUT2D eigenvalue weighted by Gasteiger charge is 2.61. The summed E-state index contributed by atoms with van der Waals surface area (Å²) in [4.78, 5) is 0. The molecule has 0 spiro atoms. The molecule has 0 radical (unpaired) electrons. The number of aliphatic hydroxyl groups is 2. The van der Waals surface area contributed by atoms with Gasteiger partial charge in [0.1, 0.15) is 0 Å². The van der Waals surface area contributed by atoms with E-state index in [1.807, 2.05) is 0 Å². The van der Waals surface area contributed by atoms with Gasteiger partial charge >= 0.3 is 0 Å². The predicted octanol–water partition coefficient (Wildman–Crippen LogP) is 6.44. The van der Waals surface area contributed by atoms with Crippen LogP contribution in [0.25, 0.3) is 0 Å². The van der Waals surface area contributed by atoms with E-state index in [0.29, 0.717) is 11.3 Å². The van der Waals surface area contributed by atoms with E-state index >= 15 is 0 Å². The average molecular weight is 405 g/mol. The van der Waals surface area contributed by atoms with Gasteiger partial charge in [0.25, 0.3) is 0 Å². The summed E-state index contributed by atoms with van der Waals surface area (Å²) in [5.41, 5.74) is 0.804. The van der Waals surface area contributed by atoms with E-state index < -0.39 is 12.2 Å². The topological polar surface area (TPSA) is 40.5 Å². The number of rotatable bonds is 5. The zero-order valence-corrected chi connectivity index (χ0v) is 19.9.